The van der Waals surface area contributed by atoms with Crippen LogP contribution in [0.2, 0.25) is 0 Å². The summed E-state index contributed by atoms with van der Waals surface area (Å²) in [5.74, 6) is 0.701. The van der Waals surface area contributed by atoms with E-state index >= 15 is 0 Å². The number of hydrogen-bond acceptors (Lipinski definition) is 2. The zero-order valence-electron chi connectivity index (χ0n) is 11.4. The third kappa shape index (κ3) is 5.26. The van der Waals surface area contributed by atoms with Crippen LogP contribution in [-0.2, 0) is 4.79 Å². The van der Waals surface area contributed by atoms with E-state index in [4.69, 9.17) is 0 Å². The molecule has 1 atom stereocenters. The summed E-state index contributed by atoms with van der Waals surface area (Å²) >= 11 is 0. The molecule has 1 aliphatic carbocycles. The fourth-order valence-corrected chi connectivity index (χ4v) is 1.91. The molecular weight excluding hydrogens is 222 g/mol. The molecule has 0 fully saturated rings. The maximum Gasteiger partial charge on any atom is 0.146 e. The summed E-state index contributed by atoms with van der Waals surface area (Å²) < 4.78 is 0. The highest BCUT2D eigenvalue weighted by Crippen LogP contribution is 2.18. The Morgan fingerprint density at radius 3 is 2.89 bits per heavy atom. The van der Waals surface area contributed by atoms with Crippen LogP contribution in [0.1, 0.15) is 39.5 Å². The van der Waals surface area contributed by atoms with Gasteiger partial charge in [0.25, 0.3) is 0 Å². The van der Waals surface area contributed by atoms with Gasteiger partial charge in [0.05, 0.1) is 6.54 Å². The fraction of sp³-hybridized carbons (Fsp3) is 0.500. The fourth-order valence-electron chi connectivity index (χ4n) is 1.91. The lowest BCUT2D eigenvalue weighted by Crippen LogP contribution is -1.99. The van der Waals surface area contributed by atoms with Crippen LogP contribution in [0.4, 0.5) is 0 Å². The van der Waals surface area contributed by atoms with Gasteiger partial charge in [-0.25, -0.2) is 0 Å². The van der Waals surface area contributed by atoms with Crippen LogP contribution in [0.3, 0.4) is 0 Å². The minimum Gasteiger partial charge on any atom is -0.298 e. The zero-order chi connectivity index (χ0) is 13.2. The van der Waals surface area contributed by atoms with Crippen LogP contribution >= 0.6 is 0 Å². The van der Waals surface area contributed by atoms with Crippen molar-refractivity contribution >= 4 is 12.5 Å². The summed E-state index contributed by atoms with van der Waals surface area (Å²) in [5, 5.41) is 0. The molecule has 18 heavy (non-hydrogen) atoms. The Morgan fingerprint density at radius 1 is 1.50 bits per heavy atom. The Bertz CT molecular complexity index is 375. The lowest BCUT2D eigenvalue weighted by Gasteiger charge is -2.12. The van der Waals surface area contributed by atoms with Gasteiger partial charge in [0, 0.05) is 12.6 Å². The Labute approximate surface area is 110 Å². The zero-order valence-corrected chi connectivity index (χ0v) is 11.4. The Kier molecular flexibility index (Phi) is 7.00. The summed E-state index contributed by atoms with van der Waals surface area (Å²) in [5.41, 5.74) is 2.10. The molecule has 1 rings (SSSR count). The molecule has 0 radical (unpaired) electrons. The van der Waals surface area contributed by atoms with Crippen molar-refractivity contribution in [3.8, 4) is 0 Å². The molecule has 0 bridgehead atoms. The van der Waals surface area contributed by atoms with Gasteiger partial charge >= 0.3 is 0 Å². The van der Waals surface area contributed by atoms with Crippen molar-refractivity contribution in [1.82, 2.24) is 0 Å². The molecule has 0 saturated carbocycles. The van der Waals surface area contributed by atoms with Crippen molar-refractivity contribution < 1.29 is 4.79 Å². The number of carbonyl (C=O) groups excluding carboxylic acids is 1. The predicted octanol–water partition coefficient (Wildman–Crippen LogP) is 3.90. The van der Waals surface area contributed by atoms with E-state index in [1.807, 2.05) is 19.2 Å². The first-order valence-electron chi connectivity index (χ1n) is 6.79. The molecule has 2 heteroatoms. The minimum absolute atomic E-state index is 0.645. The van der Waals surface area contributed by atoms with Crippen LogP contribution in [0.15, 0.2) is 40.4 Å². The van der Waals surface area contributed by atoms with Gasteiger partial charge in [-0.3, -0.25) is 9.79 Å². The molecule has 0 heterocycles. The molecule has 1 unspecified atom stereocenters. The summed E-state index contributed by atoms with van der Waals surface area (Å²) in [6.07, 6.45) is 15.3. The molecule has 0 aromatic heterocycles. The third-order valence-corrected chi connectivity index (χ3v) is 3.14. The smallest absolute Gasteiger partial charge is 0.146 e. The van der Waals surface area contributed by atoms with Gasteiger partial charge in [-0.15, -0.1) is 0 Å². The second-order valence-corrected chi connectivity index (χ2v) is 4.57. The van der Waals surface area contributed by atoms with E-state index in [1.54, 1.807) is 0 Å². The molecule has 2 nitrogen and oxygen atoms in total. The standard InChI is InChI=1S/C16H23NO/c1-3-5-16(13-18)10-11-17-12-15-8-6-14(4-2)7-9-15/h5-6,8-9,11,13-14H,3-4,7,10,12H2,1-2H3/b16-5+,17-11?. The number of aliphatic imine (C=N–C) groups is 1. The first-order chi connectivity index (χ1) is 8.80. The van der Waals surface area contributed by atoms with Gasteiger partial charge in [-0.05, 0) is 36.3 Å². The molecule has 0 aromatic rings. The highest BCUT2D eigenvalue weighted by atomic mass is 16.1. The molecular formula is C16H23NO. The topological polar surface area (TPSA) is 29.4 Å². The summed E-state index contributed by atoms with van der Waals surface area (Å²) in [6.45, 7) is 4.97. The number of aldehydes is 1. The molecule has 98 valence electrons. The highest BCUT2D eigenvalue weighted by Gasteiger charge is 2.05. The van der Waals surface area contributed by atoms with E-state index in [9.17, 15) is 4.79 Å². The summed E-state index contributed by atoms with van der Waals surface area (Å²) in [7, 11) is 0. The van der Waals surface area contributed by atoms with Gasteiger partial charge in [0.15, 0.2) is 0 Å². The minimum atomic E-state index is 0.645. The molecule has 0 aliphatic heterocycles. The quantitative estimate of drug-likeness (QED) is 0.380. The lowest BCUT2D eigenvalue weighted by atomic mass is 9.95. The Morgan fingerprint density at radius 2 is 2.33 bits per heavy atom. The van der Waals surface area contributed by atoms with Crippen molar-refractivity contribution in [3.05, 3.63) is 35.5 Å². The van der Waals surface area contributed by atoms with E-state index in [0.717, 1.165) is 31.2 Å². The largest absolute Gasteiger partial charge is 0.298 e. The SMILES string of the molecule is CC/C=C(/C=O)CC=NCC1=CCC(CC)C=C1. The van der Waals surface area contributed by atoms with Gasteiger partial charge < -0.3 is 0 Å². The molecule has 0 N–H and O–H groups in total. The van der Waals surface area contributed by atoms with Gasteiger partial charge in [-0.1, -0.05) is 38.2 Å². The lowest BCUT2D eigenvalue weighted by molar-refractivity contribution is -0.104. The van der Waals surface area contributed by atoms with Crippen molar-refractivity contribution in [3.63, 3.8) is 0 Å². The van der Waals surface area contributed by atoms with Gasteiger partial charge in [0.1, 0.15) is 6.29 Å². The molecule has 1 aliphatic rings. The highest BCUT2D eigenvalue weighted by molar-refractivity contribution is 5.80. The van der Waals surface area contributed by atoms with Crippen LogP contribution in [0, 0.1) is 5.92 Å². The maximum atomic E-state index is 10.7. The summed E-state index contributed by atoms with van der Waals surface area (Å²) in [4.78, 5) is 15.1. The first-order valence-corrected chi connectivity index (χ1v) is 6.79. The van der Waals surface area contributed by atoms with E-state index in [-0.39, 0.29) is 0 Å². The molecule has 0 amide bonds. The van der Waals surface area contributed by atoms with Crippen molar-refractivity contribution in [1.29, 1.82) is 0 Å². The molecule has 0 spiro atoms. The second kappa shape index (κ2) is 8.62. The predicted molar refractivity (Wildman–Crippen MR) is 78.0 cm³/mol. The van der Waals surface area contributed by atoms with Gasteiger partial charge in [0.2, 0.25) is 0 Å². The average molecular weight is 245 g/mol. The number of rotatable bonds is 7. The van der Waals surface area contributed by atoms with Crippen LogP contribution in [-0.4, -0.2) is 19.0 Å². The number of nitrogens with zero attached hydrogens (tertiary/aromatic N) is 1. The monoisotopic (exact) mass is 245 g/mol. The van der Waals surface area contributed by atoms with E-state index in [2.05, 4.69) is 30.1 Å². The maximum absolute atomic E-state index is 10.7. The molecule has 0 saturated heterocycles. The van der Waals surface area contributed by atoms with Crippen molar-refractivity contribution in [2.75, 3.05) is 6.54 Å². The molecule has 0 aromatic carbocycles. The van der Waals surface area contributed by atoms with Crippen molar-refractivity contribution in [2.45, 2.75) is 39.5 Å². The van der Waals surface area contributed by atoms with Crippen LogP contribution in [0.25, 0.3) is 0 Å². The Hall–Kier alpha value is -1.44. The van der Waals surface area contributed by atoms with Gasteiger partial charge in [-0.2, -0.15) is 0 Å². The van der Waals surface area contributed by atoms with E-state index in [0.29, 0.717) is 12.3 Å². The number of carbonyl (C=O) groups is 1. The first kappa shape index (κ1) is 14.6. The van der Waals surface area contributed by atoms with E-state index in [1.165, 1.54) is 12.0 Å². The number of allylic oxidation sites excluding steroid dienone is 4. The van der Waals surface area contributed by atoms with Crippen molar-refractivity contribution in [2.24, 2.45) is 10.9 Å². The van der Waals surface area contributed by atoms with Crippen LogP contribution < -0.4 is 0 Å². The normalized spacial score (nSPS) is 20.2. The average Bonchev–Trinajstić information content (AvgIpc) is 2.43. The second-order valence-electron chi connectivity index (χ2n) is 4.57. The third-order valence-electron chi connectivity index (χ3n) is 3.14. The van der Waals surface area contributed by atoms with Crippen LogP contribution in [0.5, 0.6) is 0 Å². The van der Waals surface area contributed by atoms with E-state index < -0.39 is 0 Å². The Balaban J connectivity index is 2.34. The number of hydrogen-bond donors (Lipinski definition) is 0. The summed E-state index contributed by atoms with van der Waals surface area (Å²) in [6, 6.07) is 0.